The highest BCUT2D eigenvalue weighted by Crippen LogP contribution is 2.20. The Kier molecular flexibility index (Phi) is 4.16. The van der Waals surface area contributed by atoms with Crippen molar-refractivity contribution < 1.29 is 9.53 Å². The molecule has 1 aromatic carbocycles. The summed E-state index contributed by atoms with van der Waals surface area (Å²) in [6.45, 7) is 2.00. The summed E-state index contributed by atoms with van der Waals surface area (Å²) in [6, 6.07) is 9.78. The van der Waals surface area contributed by atoms with Gasteiger partial charge in [0.2, 0.25) is 0 Å². The normalized spacial score (nSPS) is 11.9. The van der Waals surface area contributed by atoms with Gasteiger partial charge in [0, 0.05) is 14.1 Å². The number of benzene rings is 1. The first-order valence-corrected chi connectivity index (χ1v) is 5.08. The molecule has 0 bridgehead atoms. The molecule has 1 rings (SSSR count). The van der Waals surface area contributed by atoms with Crippen LogP contribution in [0.5, 0.6) is 0 Å². The predicted molar refractivity (Wildman–Crippen MR) is 59.6 cm³/mol. The summed E-state index contributed by atoms with van der Waals surface area (Å²) in [6.07, 6.45) is 0.329. The van der Waals surface area contributed by atoms with Crippen LogP contribution in [0.2, 0.25) is 0 Å². The van der Waals surface area contributed by atoms with Crippen LogP contribution in [0.4, 0.5) is 4.79 Å². The second-order valence-electron chi connectivity index (χ2n) is 3.59. The maximum atomic E-state index is 11.4. The summed E-state index contributed by atoms with van der Waals surface area (Å²) in [4.78, 5) is 12.8. The third-order valence-electron chi connectivity index (χ3n) is 2.15. The number of ether oxygens (including phenoxy) is 1. The van der Waals surface area contributed by atoms with E-state index in [9.17, 15) is 4.79 Å². The van der Waals surface area contributed by atoms with E-state index in [1.165, 1.54) is 4.90 Å². The van der Waals surface area contributed by atoms with Crippen LogP contribution in [0.15, 0.2) is 30.3 Å². The summed E-state index contributed by atoms with van der Waals surface area (Å²) >= 11 is 0. The summed E-state index contributed by atoms with van der Waals surface area (Å²) in [5.41, 5.74) is 1.04. The molecule has 82 valence electrons. The third-order valence-corrected chi connectivity index (χ3v) is 2.15. The van der Waals surface area contributed by atoms with E-state index in [1.807, 2.05) is 37.3 Å². The Morgan fingerprint density at radius 1 is 1.33 bits per heavy atom. The van der Waals surface area contributed by atoms with E-state index in [2.05, 4.69) is 0 Å². The Morgan fingerprint density at radius 3 is 2.40 bits per heavy atom. The minimum absolute atomic E-state index is 0.152. The minimum Gasteiger partial charge on any atom is -0.441 e. The van der Waals surface area contributed by atoms with Gasteiger partial charge in [-0.25, -0.2) is 4.79 Å². The van der Waals surface area contributed by atoms with E-state index >= 15 is 0 Å². The van der Waals surface area contributed by atoms with Gasteiger partial charge in [0.1, 0.15) is 6.10 Å². The van der Waals surface area contributed by atoms with Gasteiger partial charge in [0.05, 0.1) is 0 Å². The van der Waals surface area contributed by atoms with Crippen LogP contribution in [-0.2, 0) is 4.74 Å². The van der Waals surface area contributed by atoms with E-state index in [4.69, 9.17) is 4.74 Å². The SMILES string of the molecule is CCC(OC(=O)N(C)C)c1ccccc1. The van der Waals surface area contributed by atoms with Crippen molar-refractivity contribution in [2.75, 3.05) is 14.1 Å². The van der Waals surface area contributed by atoms with Gasteiger partial charge in [0.15, 0.2) is 0 Å². The lowest BCUT2D eigenvalue weighted by Gasteiger charge is -2.19. The Hall–Kier alpha value is -1.51. The van der Waals surface area contributed by atoms with Crippen LogP contribution >= 0.6 is 0 Å². The van der Waals surface area contributed by atoms with Crippen molar-refractivity contribution in [3.05, 3.63) is 35.9 Å². The zero-order chi connectivity index (χ0) is 11.3. The zero-order valence-corrected chi connectivity index (χ0v) is 9.43. The lowest BCUT2D eigenvalue weighted by atomic mass is 10.1. The summed E-state index contributed by atoms with van der Waals surface area (Å²) in [5.74, 6) is 0. The third kappa shape index (κ3) is 3.27. The molecule has 0 spiro atoms. The minimum atomic E-state index is -0.300. The first-order chi connectivity index (χ1) is 7.15. The monoisotopic (exact) mass is 207 g/mol. The number of carbonyl (C=O) groups is 1. The molecule has 0 aliphatic heterocycles. The lowest BCUT2D eigenvalue weighted by molar-refractivity contribution is 0.0723. The molecule has 3 nitrogen and oxygen atoms in total. The average Bonchev–Trinajstić information content (AvgIpc) is 2.26. The molecule has 0 heterocycles. The van der Waals surface area contributed by atoms with Crippen molar-refractivity contribution in [1.29, 1.82) is 0 Å². The fraction of sp³-hybridized carbons (Fsp3) is 0.417. The molecular weight excluding hydrogens is 190 g/mol. The van der Waals surface area contributed by atoms with Gasteiger partial charge in [-0.15, -0.1) is 0 Å². The summed E-state index contributed by atoms with van der Waals surface area (Å²) in [7, 11) is 3.36. The molecule has 0 aromatic heterocycles. The van der Waals surface area contributed by atoms with Gasteiger partial charge in [-0.3, -0.25) is 0 Å². The molecule has 1 amide bonds. The maximum absolute atomic E-state index is 11.4. The van der Waals surface area contributed by atoms with Gasteiger partial charge in [-0.1, -0.05) is 37.3 Å². The quantitative estimate of drug-likeness (QED) is 0.762. The van der Waals surface area contributed by atoms with Crippen LogP contribution in [0.3, 0.4) is 0 Å². The molecule has 0 N–H and O–H groups in total. The van der Waals surface area contributed by atoms with Gasteiger partial charge in [0.25, 0.3) is 0 Å². The van der Waals surface area contributed by atoms with Crippen molar-refractivity contribution in [3.8, 4) is 0 Å². The zero-order valence-electron chi connectivity index (χ0n) is 9.43. The van der Waals surface area contributed by atoms with Crippen molar-refractivity contribution in [2.45, 2.75) is 19.4 Å². The van der Waals surface area contributed by atoms with E-state index < -0.39 is 0 Å². The molecule has 0 saturated heterocycles. The number of hydrogen-bond acceptors (Lipinski definition) is 2. The highest BCUT2D eigenvalue weighted by atomic mass is 16.6. The number of amides is 1. The van der Waals surface area contributed by atoms with E-state index in [0.717, 1.165) is 12.0 Å². The molecular formula is C12H17NO2. The van der Waals surface area contributed by atoms with Gasteiger partial charge < -0.3 is 9.64 Å². The largest absolute Gasteiger partial charge is 0.441 e. The standard InChI is InChI=1S/C12H17NO2/c1-4-11(15-12(14)13(2)3)10-8-6-5-7-9-10/h5-9,11H,4H2,1-3H3. The van der Waals surface area contributed by atoms with E-state index in [-0.39, 0.29) is 12.2 Å². The summed E-state index contributed by atoms with van der Waals surface area (Å²) in [5, 5.41) is 0. The molecule has 3 heteroatoms. The van der Waals surface area contributed by atoms with Crippen LogP contribution in [0.1, 0.15) is 25.0 Å². The molecule has 0 aliphatic carbocycles. The van der Waals surface area contributed by atoms with Crippen molar-refractivity contribution in [3.63, 3.8) is 0 Å². The highest BCUT2D eigenvalue weighted by Gasteiger charge is 2.15. The average molecular weight is 207 g/mol. The topological polar surface area (TPSA) is 29.5 Å². The van der Waals surface area contributed by atoms with Crippen molar-refractivity contribution in [1.82, 2.24) is 4.90 Å². The number of rotatable bonds is 3. The molecule has 0 fully saturated rings. The Morgan fingerprint density at radius 2 is 1.93 bits per heavy atom. The molecule has 0 saturated carbocycles. The number of carbonyl (C=O) groups excluding carboxylic acids is 1. The molecule has 0 radical (unpaired) electrons. The first-order valence-electron chi connectivity index (χ1n) is 5.08. The number of hydrogen-bond donors (Lipinski definition) is 0. The van der Waals surface area contributed by atoms with E-state index in [1.54, 1.807) is 14.1 Å². The molecule has 0 aliphatic rings. The number of nitrogens with zero attached hydrogens (tertiary/aromatic N) is 1. The second-order valence-corrected chi connectivity index (χ2v) is 3.59. The predicted octanol–water partition coefficient (Wildman–Crippen LogP) is 2.84. The van der Waals surface area contributed by atoms with Crippen LogP contribution in [0.25, 0.3) is 0 Å². The van der Waals surface area contributed by atoms with Crippen molar-refractivity contribution in [2.24, 2.45) is 0 Å². The fourth-order valence-corrected chi connectivity index (χ4v) is 1.28. The van der Waals surface area contributed by atoms with Crippen LogP contribution in [0, 0.1) is 0 Å². The van der Waals surface area contributed by atoms with Gasteiger partial charge in [-0.2, -0.15) is 0 Å². The summed E-state index contributed by atoms with van der Waals surface area (Å²) < 4.78 is 5.33. The smallest absolute Gasteiger partial charge is 0.409 e. The highest BCUT2D eigenvalue weighted by molar-refractivity contribution is 5.67. The van der Waals surface area contributed by atoms with E-state index in [0.29, 0.717) is 0 Å². The Labute approximate surface area is 90.7 Å². The lowest BCUT2D eigenvalue weighted by Crippen LogP contribution is -2.24. The van der Waals surface area contributed by atoms with Crippen LogP contribution < -0.4 is 0 Å². The second kappa shape index (κ2) is 5.39. The van der Waals surface area contributed by atoms with Gasteiger partial charge >= 0.3 is 6.09 Å². The Bertz CT molecular complexity index is 309. The molecule has 1 aromatic rings. The molecule has 1 atom stereocenters. The van der Waals surface area contributed by atoms with Crippen molar-refractivity contribution >= 4 is 6.09 Å². The maximum Gasteiger partial charge on any atom is 0.409 e. The van der Waals surface area contributed by atoms with Gasteiger partial charge in [-0.05, 0) is 12.0 Å². The Balaban J connectivity index is 2.69. The fourth-order valence-electron chi connectivity index (χ4n) is 1.28. The molecule has 1 unspecified atom stereocenters. The molecule has 15 heavy (non-hydrogen) atoms. The first kappa shape index (κ1) is 11.6. The van der Waals surface area contributed by atoms with Crippen LogP contribution in [-0.4, -0.2) is 25.1 Å².